The molecule has 3 rings (SSSR count). The highest BCUT2D eigenvalue weighted by Crippen LogP contribution is 2.32. The molecule has 1 saturated heterocycles. The van der Waals surface area contributed by atoms with E-state index in [-0.39, 0.29) is 5.92 Å². The molecule has 1 aliphatic carbocycles. The van der Waals surface area contributed by atoms with E-state index in [1.165, 1.54) is 31.5 Å². The third-order valence-corrected chi connectivity index (χ3v) is 5.25. The van der Waals surface area contributed by atoms with Crippen LogP contribution >= 0.6 is 0 Å². The Labute approximate surface area is 146 Å². The molecule has 0 radical (unpaired) electrons. The van der Waals surface area contributed by atoms with Crippen LogP contribution in [0.25, 0.3) is 6.08 Å². The predicted molar refractivity (Wildman–Crippen MR) is 101 cm³/mol. The molecule has 2 fully saturated rings. The molecule has 2 heteroatoms. The third-order valence-electron chi connectivity index (χ3n) is 5.25. The number of benzene rings is 1. The molecule has 0 amide bonds. The van der Waals surface area contributed by atoms with Crippen LogP contribution in [0.15, 0.2) is 36.9 Å². The smallest absolute Gasteiger partial charge is 0.167 e. The maximum absolute atomic E-state index is 13.2. The number of rotatable bonds is 7. The van der Waals surface area contributed by atoms with Gasteiger partial charge in [-0.2, -0.15) is 0 Å². The Hall–Kier alpha value is -1.67. The van der Waals surface area contributed by atoms with Crippen molar-refractivity contribution in [1.82, 2.24) is 4.90 Å². The average Bonchev–Trinajstić information content (AvgIpc) is 3.40. The summed E-state index contributed by atoms with van der Waals surface area (Å²) < 4.78 is 0. The van der Waals surface area contributed by atoms with E-state index in [4.69, 9.17) is 0 Å². The molecule has 0 spiro atoms. The van der Waals surface area contributed by atoms with Gasteiger partial charge in [0.2, 0.25) is 0 Å². The number of carbonyl (C=O) groups is 1. The Morgan fingerprint density at radius 1 is 1.33 bits per heavy atom. The molecule has 1 aliphatic heterocycles. The largest absolute Gasteiger partial charge is 0.302 e. The Morgan fingerprint density at radius 2 is 2.17 bits per heavy atom. The zero-order valence-electron chi connectivity index (χ0n) is 14.8. The van der Waals surface area contributed by atoms with Gasteiger partial charge in [-0.3, -0.25) is 4.79 Å². The second-order valence-electron chi connectivity index (χ2n) is 7.28. The fourth-order valence-corrected chi connectivity index (χ4v) is 3.85. The summed E-state index contributed by atoms with van der Waals surface area (Å²) in [6.07, 6.45) is 11.8. The van der Waals surface area contributed by atoms with Crippen molar-refractivity contribution in [3.8, 4) is 0 Å². The summed E-state index contributed by atoms with van der Waals surface area (Å²) in [4.78, 5) is 15.7. The van der Waals surface area contributed by atoms with Crippen LogP contribution in [0.4, 0.5) is 0 Å². The summed E-state index contributed by atoms with van der Waals surface area (Å²) >= 11 is 0. The number of hydrogen-bond acceptors (Lipinski definition) is 2. The van der Waals surface area contributed by atoms with Gasteiger partial charge in [-0.15, -0.1) is 6.58 Å². The lowest BCUT2D eigenvalue weighted by Crippen LogP contribution is -2.39. The molecule has 1 heterocycles. The molecule has 1 saturated carbocycles. The van der Waals surface area contributed by atoms with Gasteiger partial charge in [-0.1, -0.05) is 36.4 Å². The second kappa shape index (κ2) is 7.94. The van der Waals surface area contributed by atoms with Crippen LogP contribution in [0.5, 0.6) is 0 Å². The van der Waals surface area contributed by atoms with Crippen LogP contribution in [0.3, 0.4) is 0 Å². The number of likely N-dealkylation sites (tertiary alicyclic amines) is 1. The number of piperidine rings is 1. The number of nitrogens with zero attached hydrogens (tertiary/aromatic N) is 1. The van der Waals surface area contributed by atoms with Crippen LogP contribution in [0, 0.1) is 11.8 Å². The Bertz CT molecular complexity index is 627. The van der Waals surface area contributed by atoms with Gasteiger partial charge in [-0.05, 0) is 62.6 Å². The second-order valence-corrected chi connectivity index (χ2v) is 7.28. The van der Waals surface area contributed by atoms with Crippen molar-refractivity contribution >= 4 is 11.9 Å². The highest BCUT2D eigenvalue weighted by atomic mass is 16.1. The first kappa shape index (κ1) is 17.2. The fraction of sp³-hybridized carbons (Fsp3) is 0.500. The van der Waals surface area contributed by atoms with Crippen molar-refractivity contribution in [2.75, 3.05) is 19.6 Å². The van der Waals surface area contributed by atoms with Crippen molar-refractivity contribution < 1.29 is 4.79 Å². The number of ketones is 1. The van der Waals surface area contributed by atoms with Gasteiger partial charge in [0.1, 0.15) is 0 Å². The lowest BCUT2D eigenvalue weighted by atomic mass is 9.86. The summed E-state index contributed by atoms with van der Waals surface area (Å²) in [6.45, 7) is 9.16. The van der Waals surface area contributed by atoms with E-state index in [9.17, 15) is 4.79 Å². The van der Waals surface area contributed by atoms with Gasteiger partial charge in [0.15, 0.2) is 5.78 Å². The molecule has 1 aromatic carbocycles. The molecular formula is C22H29NO. The molecule has 0 aromatic heterocycles. The fourth-order valence-electron chi connectivity index (χ4n) is 3.85. The van der Waals surface area contributed by atoms with Crippen molar-refractivity contribution in [3.63, 3.8) is 0 Å². The van der Waals surface area contributed by atoms with E-state index in [0.717, 1.165) is 42.9 Å². The van der Waals surface area contributed by atoms with Gasteiger partial charge in [0.25, 0.3) is 0 Å². The van der Waals surface area contributed by atoms with Crippen molar-refractivity contribution in [2.45, 2.75) is 39.0 Å². The van der Waals surface area contributed by atoms with Crippen molar-refractivity contribution in [2.24, 2.45) is 11.8 Å². The standard InChI is InChI=1S/C22H29NO/c1-3-7-18-9-5-11-21(20(18)8-4-2)22(24)19-10-6-14-23(16-19)15-17-12-13-17/h3-5,8-9,11,17,19H,1,6-7,10,12-16H2,2H3/b8-4-. The lowest BCUT2D eigenvalue weighted by molar-refractivity contribution is 0.0814. The van der Waals surface area contributed by atoms with Crippen molar-refractivity contribution in [3.05, 3.63) is 53.6 Å². The summed E-state index contributed by atoms with van der Waals surface area (Å²) in [6, 6.07) is 6.13. The van der Waals surface area contributed by atoms with Crippen LogP contribution in [-0.2, 0) is 6.42 Å². The minimum absolute atomic E-state index is 0.153. The Balaban J connectivity index is 1.80. The highest BCUT2D eigenvalue weighted by molar-refractivity contribution is 6.01. The first-order valence-electron chi connectivity index (χ1n) is 9.35. The van der Waals surface area contributed by atoms with Gasteiger partial charge in [0, 0.05) is 24.6 Å². The normalized spacial score (nSPS) is 22.0. The lowest BCUT2D eigenvalue weighted by Gasteiger charge is -2.32. The molecule has 1 unspecified atom stereocenters. The average molecular weight is 323 g/mol. The monoisotopic (exact) mass is 323 g/mol. The SMILES string of the molecule is C=CCc1cccc(C(=O)C2CCCN(CC3CC3)C2)c1/C=C\C. The highest BCUT2D eigenvalue weighted by Gasteiger charge is 2.31. The zero-order valence-corrected chi connectivity index (χ0v) is 14.8. The van der Waals surface area contributed by atoms with E-state index in [1.807, 2.05) is 31.2 Å². The summed E-state index contributed by atoms with van der Waals surface area (Å²) in [5.74, 6) is 1.38. The van der Waals surface area contributed by atoms with E-state index < -0.39 is 0 Å². The summed E-state index contributed by atoms with van der Waals surface area (Å²) in [7, 11) is 0. The number of allylic oxidation sites excluding steroid dienone is 2. The summed E-state index contributed by atoms with van der Waals surface area (Å²) in [5.41, 5.74) is 3.18. The van der Waals surface area contributed by atoms with E-state index in [2.05, 4.69) is 23.6 Å². The number of carbonyl (C=O) groups excluding carboxylic acids is 1. The molecule has 2 nitrogen and oxygen atoms in total. The van der Waals surface area contributed by atoms with Crippen LogP contribution in [-0.4, -0.2) is 30.3 Å². The van der Waals surface area contributed by atoms with Crippen LogP contribution in [0.1, 0.15) is 54.1 Å². The van der Waals surface area contributed by atoms with Crippen LogP contribution < -0.4 is 0 Å². The molecule has 24 heavy (non-hydrogen) atoms. The molecule has 128 valence electrons. The molecule has 0 bridgehead atoms. The van der Waals surface area contributed by atoms with Crippen LogP contribution in [0.2, 0.25) is 0 Å². The third kappa shape index (κ3) is 4.05. The van der Waals surface area contributed by atoms with E-state index in [1.54, 1.807) is 0 Å². The van der Waals surface area contributed by atoms with Gasteiger partial charge < -0.3 is 4.90 Å². The van der Waals surface area contributed by atoms with Crippen molar-refractivity contribution in [1.29, 1.82) is 0 Å². The molecule has 1 atom stereocenters. The van der Waals surface area contributed by atoms with E-state index in [0.29, 0.717) is 5.78 Å². The molecule has 0 N–H and O–H groups in total. The zero-order chi connectivity index (χ0) is 16.9. The van der Waals surface area contributed by atoms with Gasteiger partial charge >= 0.3 is 0 Å². The minimum atomic E-state index is 0.153. The molecule has 2 aliphatic rings. The maximum atomic E-state index is 13.2. The van der Waals surface area contributed by atoms with Gasteiger partial charge in [0.05, 0.1) is 0 Å². The number of Topliss-reactive ketones (excluding diaryl/α,β-unsaturated/α-hetero) is 1. The first-order valence-corrected chi connectivity index (χ1v) is 9.35. The first-order chi connectivity index (χ1) is 11.7. The molecule has 1 aromatic rings. The topological polar surface area (TPSA) is 20.3 Å². The van der Waals surface area contributed by atoms with E-state index >= 15 is 0 Å². The minimum Gasteiger partial charge on any atom is -0.302 e. The Kier molecular flexibility index (Phi) is 5.68. The quantitative estimate of drug-likeness (QED) is 0.533. The summed E-state index contributed by atoms with van der Waals surface area (Å²) in [5, 5.41) is 0. The molecular weight excluding hydrogens is 294 g/mol. The Morgan fingerprint density at radius 3 is 2.88 bits per heavy atom. The number of hydrogen-bond donors (Lipinski definition) is 0. The predicted octanol–water partition coefficient (Wildman–Crippen LogP) is 4.75. The van der Waals surface area contributed by atoms with Gasteiger partial charge in [-0.25, -0.2) is 0 Å². The maximum Gasteiger partial charge on any atom is 0.167 e.